The number of carbonyl (C=O) groups excluding carboxylic acids is 3. The Kier molecular flexibility index (Phi) is 4.39. The first kappa shape index (κ1) is 16.9. The molecule has 3 aromatic rings. The zero-order chi connectivity index (χ0) is 18.8. The average molecular weight is 378 g/mol. The lowest BCUT2D eigenvalue weighted by Gasteiger charge is -2.09. The molecule has 1 aliphatic rings. The number of aromatic nitrogens is 1. The first-order valence-corrected chi connectivity index (χ1v) is 9.01. The molecule has 1 aliphatic heterocycles. The first-order valence-electron chi connectivity index (χ1n) is 8.13. The maximum absolute atomic E-state index is 12.6. The minimum absolute atomic E-state index is 0.0622. The van der Waals surface area contributed by atoms with Gasteiger partial charge in [0.25, 0.3) is 11.8 Å². The van der Waals surface area contributed by atoms with Crippen molar-refractivity contribution in [1.82, 2.24) is 4.98 Å². The fourth-order valence-electron chi connectivity index (χ4n) is 2.78. The number of carbonyl (C=O) groups is 3. The number of nitrogens with zero attached hydrogens (tertiary/aromatic N) is 1. The second kappa shape index (κ2) is 7.00. The molecule has 0 saturated heterocycles. The number of hydrogen-bond donors (Lipinski definition) is 3. The van der Waals surface area contributed by atoms with Crippen molar-refractivity contribution in [2.75, 3.05) is 16.0 Å². The quantitative estimate of drug-likeness (QED) is 0.649. The summed E-state index contributed by atoms with van der Waals surface area (Å²) >= 11 is 1.23. The van der Waals surface area contributed by atoms with Crippen LogP contribution in [0.1, 0.15) is 25.6 Å². The van der Waals surface area contributed by atoms with E-state index in [0.717, 1.165) is 11.3 Å². The predicted octanol–water partition coefficient (Wildman–Crippen LogP) is 3.14. The smallest absolute Gasteiger partial charge is 0.267 e. The van der Waals surface area contributed by atoms with E-state index in [1.54, 1.807) is 41.8 Å². The third-order valence-electron chi connectivity index (χ3n) is 4.05. The summed E-state index contributed by atoms with van der Waals surface area (Å²) in [6.45, 7) is 0. The lowest BCUT2D eigenvalue weighted by Crippen LogP contribution is -2.16. The van der Waals surface area contributed by atoms with Crippen LogP contribution in [0.2, 0.25) is 0 Å². The number of rotatable bonds is 4. The standard InChI is InChI=1S/C19H14N4O3S/c24-16-10-12-9-13(1-2-14(12)22-16)21-19(26)17-15(5-8-27-17)23-18(25)11-3-6-20-7-4-11/h1-9H,10H2,(H,21,26)(H,22,24)(H,23,25). The maximum atomic E-state index is 12.6. The van der Waals surface area contributed by atoms with Gasteiger partial charge in [-0.3, -0.25) is 19.4 Å². The van der Waals surface area contributed by atoms with Gasteiger partial charge >= 0.3 is 0 Å². The summed E-state index contributed by atoms with van der Waals surface area (Å²) in [4.78, 5) is 40.7. The van der Waals surface area contributed by atoms with Gasteiger partial charge in [-0.15, -0.1) is 11.3 Å². The molecule has 3 heterocycles. The number of anilines is 3. The molecule has 1 aromatic carbocycles. The highest BCUT2D eigenvalue weighted by atomic mass is 32.1. The number of benzene rings is 1. The molecule has 0 saturated carbocycles. The van der Waals surface area contributed by atoms with Crippen molar-refractivity contribution in [3.63, 3.8) is 0 Å². The summed E-state index contributed by atoms with van der Waals surface area (Å²) in [6.07, 6.45) is 3.36. The summed E-state index contributed by atoms with van der Waals surface area (Å²) in [7, 11) is 0. The molecule has 3 N–H and O–H groups in total. The third kappa shape index (κ3) is 3.56. The highest BCUT2D eigenvalue weighted by Crippen LogP contribution is 2.28. The summed E-state index contributed by atoms with van der Waals surface area (Å²) in [5, 5.41) is 10.1. The number of nitrogens with one attached hydrogen (secondary N) is 3. The van der Waals surface area contributed by atoms with Crippen LogP contribution in [0.3, 0.4) is 0 Å². The van der Waals surface area contributed by atoms with Crippen LogP contribution in [0, 0.1) is 0 Å². The van der Waals surface area contributed by atoms with Crippen LogP contribution in [0.5, 0.6) is 0 Å². The molecule has 0 atom stereocenters. The number of pyridine rings is 1. The van der Waals surface area contributed by atoms with E-state index in [2.05, 4.69) is 20.9 Å². The predicted molar refractivity (Wildman–Crippen MR) is 103 cm³/mol. The SMILES string of the molecule is O=C1Cc2cc(NC(=O)c3sccc3NC(=O)c3ccncc3)ccc2N1. The molecule has 8 heteroatoms. The molecule has 2 aromatic heterocycles. The lowest BCUT2D eigenvalue weighted by molar-refractivity contribution is -0.115. The van der Waals surface area contributed by atoms with E-state index in [1.165, 1.54) is 23.7 Å². The highest BCUT2D eigenvalue weighted by molar-refractivity contribution is 7.12. The second-order valence-electron chi connectivity index (χ2n) is 5.90. The Bertz CT molecular complexity index is 1050. The van der Waals surface area contributed by atoms with Crippen molar-refractivity contribution in [2.45, 2.75) is 6.42 Å². The van der Waals surface area contributed by atoms with Crippen molar-refractivity contribution in [3.05, 3.63) is 70.2 Å². The lowest BCUT2D eigenvalue weighted by atomic mass is 10.1. The topological polar surface area (TPSA) is 100 Å². The highest BCUT2D eigenvalue weighted by Gasteiger charge is 2.20. The largest absolute Gasteiger partial charge is 0.326 e. The van der Waals surface area contributed by atoms with Crippen molar-refractivity contribution >= 4 is 46.1 Å². The fourth-order valence-corrected chi connectivity index (χ4v) is 3.52. The van der Waals surface area contributed by atoms with E-state index in [1.807, 2.05) is 0 Å². The van der Waals surface area contributed by atoms with Gasteiger partial charge < -0.3 is 16.0 Å². The number of amides is 3. The van der Waals surface area contributed by atoms with Gasteiger partial charge in [0.15, 0.2) is 0 Å². The molecule has 0 spiro atoms. The Morgan fingerprint density at radius 2 is 1.85 bits per heavy atom. The Labute approximate surface area is 158 Å². The Hall–Kier alpha value is -3.52. The third-order valence-corrected chi connectivity index (χ3v) is 4.96. The molecule has 7 nitrogen and oxygen atoms in total. The molecule has 0 unspecified atom stereocenters. The van der Waals surface area contributed by atoms with Gasteiger partial charge in [-0.1, -0.05) is 0 Å². The van der Waals surface area contributed by atoms with Crippen molar-refractivity contribution < 1.29 is 14.4 Å². The molecule has 0 bridgehead atoms. The van der Waals surface area contributed by atoms with Crippen molar-refractivity contribution in [1.29, 1.82) is 0 Å². The summed E-state index contributed by atoms with van der Waals surface area (Å²) in [6, 6.07) is 10.1. The molecular weight excluding hydrogens is 364 g/mol. The first-order chi connectivity index (χ1) is 13.1. The molecule has 27 heavy (non-hydrogen) atoms. The Balaban J connectivity index is 1.49. The fraction of sp³-hybridized carbons (Fsp3) is 0.0526. The minimum atomic E-state index is -0.327. The minimum Gasteiger partial charge on any atom is -0.326 e. The van der Waals surface area contributed by atoms with Gasteiger partial charge in [-0.25, -0.2) is 0 Å². The van der Waals surface area contributed by atoms with Gasteiger partial charge in [-0.2, -0.15) is 0 Å². The monoisotopic (exact) mass is 378 g/mol. The van der Waals surface area contributed by atoms with Crippen LogP contribution in [-0.2, 0) is 11.2 Å². The number of fused-ring (bicyclic) bond motifs is 1. The van der Waals surface area contributed by atoms with Gasteiger partial charge in [0.05, 0.1) is 12.1 Å². The molecular formula is C19H14N4O3S. The van der Waals surface area contributed by atoms with Crippen LogP contribution < -0.4 is 16.0 Å². The van der Waals surface area contributed by atoms with Gasteiger partial charge in [-0.05, 0) is 47.3 Å². The zero-order valence-electron chi connectivity index (χ0n) is 14.0. The van der Waals surface area contributed by atoms with E-state index in [9.17, 15) is 14.4 Å². The Morgan fingerprint density at radius 3 is 2.67 bits per heavy atom. The van der Waals surface area contributed by atoms with Crippen LogP contribution in [0.4, 0.5) is 17.1 Å². The van der Waals surface area contributed by atoms with Crippen LogP contribution in [0.25, 0.3) is 0 Å². The van der Waals surface area contributed by atoms with Gasteiger partial charge in [0.2, 0.25) is 5.91 Å². The zero-order valence-corrected chi connectivity index (χ0v) is 14.8. The maximum Gasteiger partial charge on any atom is 0.267 e. The molecule has 134 valence electrons. The second-order valence-corrected chi connectivity index (χ2v) is 6.82. The van der Waals surface area contributed by atoms with E-state index in [-0.39, 0.29) is 17.7 Å². The van der Waals surface area contributed by atoms with E-state index < -0.39 is 0 Å². The summed E-state index contributed by atoms with van der Waals surface area (Å²) < 4.78 is 0. The van der Waals surface area contributed by atoms with Crippen molar-refractivity contribution in [3.8, 4) is 0 Å². The molecule has 0 radical (unpaired) electrons. The number of thiophene rings is 1. The Morgan fingerprint density at radius 1 is 1.04 bits per heavy atom. The van der Waals surface area contributed by atoms with Crippen molar-refractivity contribution in [2.24, 2.45) is 0 Å². The summed E-state index contributed by atoms with van der Waals surface area (Å²) in [5.41, 5.74) is 3.10. The normalized spacial score (nSPS) is 12.2. The number of hydrogen-bond acceptors (Lipinski definition) is 5. The van der Waals surface area contributed by atoms with Crippen LogP contribution in [0.15, 0.2) is 54.2 Å². The summed E-state index contributed by atoms with van der Waals surface area (Å²) in [5.74, 6) is -0.702. The average Bonchev–Trinajstić information content (AvgIpc) is 3.27. The van der Waals surface area contributed by atoms with Crippen LogP contribution >= 0.6 is 11.3 Å². The molecule has 0 aliphatic carbocycles. The molecule has 3 amide bonds. The van der Waals surface area contributed by atoms with Gasteiger partial charge in [0, 0.05) is 29.3 Å². The molecule has 0 fully saturated rings. The van der Waals surface area contributed by atoms with E-state index >= 15 is 0 Å². The molecule has 4 rings (SSSR count). The van der Waals surface area contributed by atoms with Gasteiger partial charge in [0.1, 0.15) is 4.88 Å². The van der Waals surface area contributed by atoms with E-state index in [0.29, 0.717) is 28.2 Å². The van der Waals surface area contributed by atoms with E-state index in [4.69, 9.17) is 0 Å². The van der Waals surface area contributed by atoms with Crippen LogP contribution in [-0.4, -0.2) is 22.7 Å².